The highest BCUT2D eigenvalue weighted by molar-refractivity contribution is 7.89. The van der Waals surface area contributed by atoms with E-state index in [9.17, 15) is 18.0 Å². The van der Waals surface area contributed by atoms with Gasteiger partial charge in [0, 0.05) is 11.9 Å². The summed E-state index contributed by atoms with van der Waals surface area (Å²) in [4.78, 5) is 29.5. The first-order valence-electron chi connectivity index (χ1n) is 9.06. The van der Waals surface area contributed by atoms with Crippen molar-refractivity contribution in [1.82, 2.24) is 4.57 Å². The van der Waals surface area contributed by atoms with E-state index in [4.69, 9.17) is 9.56 Å². The highest BCUT2D eigenvalue weighted by Crippen LogP contribution is 2.22. The van der Waals surface area contributed by atoms with Gasteiger partial charge in [0.1, 0.15) is 11.1 Å². The Kier molecular flexibility index (Phi) is 5.14. The third-order valence-corrected chi connectivity index (χ3v) is 6.45. The van der Waals surface area contributed by atoms with Gasteiger partial charge in [-0.25, -0.2) is 18.4 Å². The van der Waals surface area contributed by atoms with Crippen LogP contribution in [0.4, 0.5) is 0 Å². The quantitative estimate of drug-likeness (QED) is 0.486. The van der Waals surface area contributed by atoms with Crippen molar-refractivity contribution in [3.63, 3.8) is 0 Å². The van der Waals surface area contributed by atoms with Crippen molar-refractivity contribution >= 4 is 48.5 Å². The molecule has 4 aromatic rings. The highest BCUT2D eigenvalue weighted by atomic mass is 32.2. The van der Waals surface area contributed by atoms with Crippen molar-refractivity contribution in [2.45, 2.75) is 24.8 Å². The van der Waals surface area contributed by atoms with E-state index in [1.54, 1.807) is 30.3 Å². The summed E-state index contributed by atoms with van der Waals surface area (Å²) in [5.74, 6) is -0.724. The number of sulfonamides is 1. The van der Waals surface area contributed by atoms with Crippen LogP contribution in [0.2, 0.25) is 0 Å². The lowest BCUT2D eigenvalue weighted by molar-refractivity contribution is 0.0994. The zero-order valence-corrected chi connectivity index (χ0v) is 17.5. The summed E-state index contributed by atoms with van der Waals surface area (Å²) in [6, 6.07) is 12.9. The van der Waals surface area contributed by atoms with E-state index in [0.29, 0.717) is 27.0 Å². The van der Waals surface area contributed by atoms with Gasteiger partial charge in [0.05, 0.1) is 15.1 Å². The number of aromatic nitrogens is 1. The number of primary sulfonamides is 1. The van der Waals surface area contributed by atoms with Crippen LogP contribution in [0.25, 0.3) is 21.2 Å². The fourth-order valence-electron chi connectivity index (χ4n) is 3.11. The van der Waals surface area contributed by atoms with Gasteiger partial charge in [-0.1, -0.05) is 36.5 Å². The summed E-state index contributed by atoms with van der Waals surface area (Å²) in [6.07, 6.45) is 0.766. The first-order chi connectivity index (χ1) is 14.3. The van der Waals surface area contributed by atoms with E-state index >= 15 is 0 Å². The molecule has 0 aliphatic carbocycles. The molecule has 0 aliphatic heterocycles. The summed E-state index contributed by atoms with van der Waals surface area (Å²) < 4.78 is 31.0. The van der Waals surface area contributed by atoms with E-state index in [1.807, 2.05) is 11.5 Å². The Morgan fingerprint density at radius 1 is 1.20 bits per heavy atom. The molecule has 2 aromatic carbocycles. The van der Waals surface area contributed by atoms with Crippen LogP contribution in [-0.4, -0.2) is 18.9 Å². The molecule has 8 nitrogen and oxygen atoms in total. The smallest absolute Gasteiger partial charge is 0.349 e. The molecule has 30 heavy (non-hydrogen) atoms. The maximum absolute atomic E-state index is 12.8. The van der Waals surface area contributed by atoms with Gasteiger partial charge in [-0.05, 0) is 36.8 Å². The summed E-state index contributed by atoms with van der Waals surface area (Å²) >= 11 is 1.15. The van der Waals surface area contributed by atoms with E-state index < -0.39 is 21.6 Å². The molecule has 0 saturated heterocycles. The molecule has 0 radical (unpaired) electrons. The number of nitrogens with zero attached hydrogens (tertiary/aromatic N) is 2. The molecule has 0 bridgehead atoms. The molecule has 0 aliphatic rings. The maximum Gasteiger partial charge on any atom is 0.349 e. The molecule has 0 unspecified atom stereocenters. The number of nitrogens with two attached hydrogens (primary N) is 1. The van der Waals surface area contributed by atoms with Crippen molar-refractivity contribution < 1.29 is 17.6 Å². The molecular formula is C20H17N3O5S2. The predicted molar refractivity (Wildman–Crippen MR) is 114 cm³/mol. The third kappa shape index (κ3) is 3.72. The number of aryl methyl sites for hydroxylation is 1. The van der Waals surface area contributed by atoms with Crippen LogP contribution in [0.3, 0.4) is 0 Å². The van der Waals surface area contributed by atoms with Crippen molar-refractivity contribution in [1.29, 1.82) is 0 Å². The SMILES string of the molecule is CCCn1c(=NC(=O)c2cc3ccccc3oc2=O)sc2cc(S(N)(=O)=O)ccc21. The molecule has 154 valence electrons. The second kappa shape index (κ2) is 7.63. The molecule has 2 N–H and O–H groups in total. The van der Waals surface area contributed by atoms with Crippen molar-refractivity contribution in [2.75, 3.05) is 0 Å². The average molecular weight is 444 g/mol. The molecule has 1 amide bonds. The highest BCUT2D eigenvalue weighted by Gasteiger charge is 2.16. The van der Waals surface area contributed by atoms with Gasteiger partial charge in [0.2, 0.25) is 10.0 Å². The van der Waals surface area contributed by atoms with Crippen LogP contribution in [0.5, 0.6) is 0 Å². The fourth-order valence-corrected chi connectivity index (χ4v) is 4.82. The molecule has 0 fully saturated rings. The molecule has 10 heteroatoms. The number of carbonyl (C=O) groups is 1. The number of thiazole rings is 1. The van der Waals surface area contributed by atoms with Crippen LogP contribution in [-0.2, 0) is 16.6 Å². The second-order valence-corrected chi connectivity index (χ2v) is 9.18. The zero-order valence-electron chi connectivity index (χ0n) is 15.9. The third-order valence-electron chi connectivity index (χ3n) is 4.50. The fraction of sp³-hybridized carbons (Fsp3) is 0.150. The number of rotatable bonds is 4. The van der Waals surface area contributed by atoms with E-state index in [-0.39, 0.29) is 10.5 Å². The van der Waals surface area contributed by atoms with Crippen molar-refractivity contribution in [3.05, 3.63) is 69.3 Å². The number of fused-ring (bicyclic) bond motifs is 2. The zero-order chi connectivity index (χ0) is 21.5. The predicted octanol–water partition coefficient (Wildman–Crippen LogP) is 2.61. The minimum absolute atomic E-state index is 0.0204. The average Bonchev–Trinajstić information content (AvgIpc) is 3.03. The molecule has 2 heterocycles. The van der Waals surface area contributed by atoms with Crippen LogP contribution >= 0.6 is 11.3 Å². The Labute approximate surface area is 175 Å². The van der Waals surface area contributed by atoms with Gasteiger partial charge in [0.15, 0.2) is 4.80 Å². The number of para-hydroxylation sites is 1. The van der Waals surface area contributed by atoms with Gasteiger partial charge in [-0.2, -0.15) is 4.99 Å². The Hall–Kier alpha value is -3.08. The van der Waals surface area contributed by atoms with Crippen LogP contribution < -0.4 is 15.6 Å². The first kappa shape index (κ1) is 20.2. The van der Waals surface area contributed by atoms with E-state index in [0.717, 1.165) is 23.3 Å². The topological polar surface area (TPSA) is 125 Å². The van der Waals surface area contributed by atoms with E-state index in [2.05, 4.69) is 4.99 Å². The van der Waals surface area contributed by atoms with Crippen LogP contribution in [0.15, 0.2) is 67.6 Å². The van der Waals surface area contributed by atoms with Crippen LogP contribution in [0, 0.1) is 0 Å². The molecule has 0 atom stereocenters. The summed E-state index contributed by atoms with van der Waals surface area (Å²) in [5, 5.41) is 5.83. The number of benzene rings is 2. The van der Waals surface area contributed by atoms with Gasteiger partial charge in [-0.15, -0.1) is 0 Å². The number of hydrogen-bond donors (Lipinski definition) is 1. The molecule has 0 saturated carbocycles. The van der Waals surface area contributed by atoms with E-state index in [1.165, 1.54) is 18.2 Å². The number of hydrogen-bond acceptors (Lipinski definition) is 6. The first-order valence-corrected chi connectivity index (χ1v) is 11.4. The van der Waals surface area contributed by atoms with Gasteiger partial charge in [0.25, 0.3) is 5.91 Å². The van der Waals surface area contributed by atoms with Crippen molar-refractivity contribution in [3.8, 4) is 0 Å². The minimum Gasteiger partial charge on any atom is -0.422 e. The Bertz CT molecular complexity index is 1530. The molecular weight excluding hydrogens is 426 g/mol. The van der Waals surface area contributed by atoms with Crippen molar-refractivity contribution in [2.24, 2.45) is 10.1 Å². The summed E-state index contributed by atoms with van der Waals surface area (Å²) in [7, 11) is -3.86. The monoisotopic (exact) mass is 443 g/mol. The van der Waals surface area contributed by atoms with Crippen LogP contribution in [0.1, 0.15) is 23.7 Å². The lowest BCUT2D eigenvalue weighted by Crippen LogP contribution is -2.19. The Morgan fingerprint density at radius 3 is 2.70 bits per heavy atom. The Balaban J connectivity index is 1.89. The standard InChI is InChI=1S/C20H17N3O5S2/c1-2-9-23-15-8-7-13(30(21,26)27)11-17(15)29-20(23)22-18(24)14-10-12-5-3-4-6-16(12)28-19(14)25/h3-8,10-11H,2,9H2,1H3,(H2,21,26,27). The Morgan fingerprint density at radius 2 is 1.97 bits per heavy atom. The number of amides is 1. The second-order valence-electron chi connectivity index (χ2n) is 6.61. The number of carbonyl (C=O) groups excluding carboxylic acids is 1. The molecule has 2 aromatic heterocycles. The minimum atomic E-state index is -3.86. The summed E-state index contributed by atoms with van der Waals surface area (Å²) in [5.41, 5.74) is 0.186. The lowest BCUT2D eigenvalue weighted by atomic mass is 10.2. The molecule has 4 rings (SSSR count). The largest absolute Gasteiger partial charge is 0.422 e. The van der Waals surface area contributed by atoms with Gasteiger partial charge >= 0.3 is 5.63 Å². The molecule has 0 spiro atoms. The maximum atomic E-state index is 12.8. The normalized spacial score (nSPS) is 12.7. The summed E-state index contributed by atoms with van der Waals surface area (Å²) in [6.45, 7) is 2.53. The van der Waals surface area contributed by atoms with Gasteiger partial charge < -0.3 is 8.98 Å². The van der Waals surface area contributed by atoms with Gasteiger partial charge in [-0.3, -0.25) is 4.79 Å². The lowest BCUT2D eigenvalue weighted by Gasteiger charge is -2.03.